The lowest BCUT2D eigenvalue weighted by Crippen LogP contribution is -2.50. The first-order valence-electron chi connectivity index (χ1n) is 10.8. The minimum Gasteiger partial charge on any atom is -0.355 e. The summed E-state index contributed by atoms with van der Waals surface area (Å²) in [6, 6.07) is 6.22. The van der Waals surface area contributed by atoms with Gasteiger partial charge in [0.15, 0.2) is 0 Å². The van der Waals surface area contributed by atoms with Crippen LogP contribution in [0.25, 0.3) is 0 Å². The van der Waals surface area contributed by atoms with E-state index >= 15 is 0 Å². The van der Waals surface area contributed by atoms with Gasteiger partial charge in [-0.1, -0.05) is 25.0 Å². The highest BCUT2D eigenvalue weighted by Crippen LogP contribution is 2.23. The Hall–Kier alpha value is -1.53. The molecular weight excluding hydrogens is 440 g/mol. The van der Waals surface area contributed by atoms with E-state index in [2.05, 4.69) is 5.32 Å². The lowest BCUT2D eigenvalue weighted by molar-refractivity contribution is -0.126. The lowest BCUT2D eigenvalue weighted by Gasteiger charge is -2.34. The van der Waals surface area contributed by atoms with Gasteiger partial charge in [-0.25, -0.2) is 13.6 Å². The summed E-state index contributed by atoms with van der Waals surface area (Å²) in [7, 11) is -7.25. The van der Waals surface area contributed by atoms with Crippen molar-refractivity contribution in [1.82, 2.24) is 13.9 Å². The van der Waals surface area contributed by atoms with Gasteiger partial charge in [0.2, 0.25) is 15.9 Å². The Bertz CT molecular complexity index is 956. The zero-order chi connectivity index (χ0) is 22.5. The Morgan fingerprint density at radius 2 is 1.55 bits per heavy atom. The summed E-state index contributed by atoms with van der Waals surface area (Å²) >= 11 is 0. The number of carbonyl (C=O) groups is 1. The highest BCUT2D eigenvalue weighted by molar-refractivity contribution is 7.89. The number of carbonyl (C=O) groups excluding carboxylic acids is 1. The van der Waals surface area contributed by atoms with Crippen LogP contribution in [0.5, 0.6) is 0 Å². The van der Waals surface area contributed by atoms with Crippen molar-refractivity contribution in [1.29, 1.82) is 0 Å². The van der Waals surface area contributed by atoms with Crippen LogP contribution in [0.1, 0.15) is 44.1 Å². The molecule has 0 saturated carbocycles. The second-order valence-electron chi connectivity index (χ2n) is 8.25. The summed E-state index contributed by atoms with van der Waals surface area (Å²) in [5.41, 5.74) is 0.877. The number of hydrogen-bond donors (Lipinski definition) is 2. The molecule has 0 radical (unpaired) electrons. The Kier molecular flexibility index (Phi) is 8.08. The standard InChI is InChI=1S/C20H32N4O5S2/c21-30(26,27)19-9-7-17(8-10-19)11-12-22-20(25)18-6-5-15-24(16-18)31(28,29)23-13-3-1-2-4-14-23/h7-10,18H,1-6,11-16H2,(H,22,25)(H2,21,26,27). The topological polar surface area (TPSA) is 130 Å². The molecular formula is C20H32N4O5S2. The van der Waals surface area contributed by atoms with E-state index in [9.17, 15) is 21.6 Å². The van der Waals surface area contributed by atoms with Crippen LogP contribution in [-0.2, 0) is 31.4 Å². The number of sulfonamides is 1. The molecule has 1 aromatic rings. The number of hydrogen-bond acceptors (Lipinski definition) is 5. The molecule has 174 valence electrons. The number of piperidine rings is 1. The van der Waals surface area contributed by atoms with Crippen LogP contribution in [0, 0.1) is 5.92 Å². The Labute approximate surface area is 185 Å². The van der Waals surface area contributed by atoms with E-state index in [4.69, 9.17) is 5.14 Å². The van der Waals surface area contributed by atoms with Crippen molar-refractivity contribution < 1.29 is 21.6 Å². The average Bonchev–Trinajstić information content (AvgIpc) is 3.04. The van der Waals surface area contributed by atoms with Crippen LogP contribution in [-0.4, -0.2) is 64.1 Å². The quantitative estimate of drug-likeness (QED) is 0.607. The number of benzene rings is 1. The molecule has 3 rings (SSSR count). The maximum atomic E-state index is 13.0. The van der Waals surface area contributed by atoms with E-state index in [1.54, 1.807) is 16.4 Å². The summed E-state index contributed by atoms with van der Waals surface area (Å²) in [6.07, 6.45) is 5.76. The molecule has 3 N–H and O–H groups in total. The van der Waals surface area contributed by atoms with Crippen LogP contribution in [0.2, 0.25) is 0 Å². The number of nitrogens with two attached hydrogens (primary N) is 1. The first-order valence-corrected chi connectivity index (χ1v) is 13.8. The third kappa shape index (κ3) is 6.48. The average molecular weight is 473 g/mol. The molecule has 1 amide bonds. The van der Waals surface area contributed by atoms with E-state index in [-0.39, 0.29) is 23.3 Å². The molecule has 1 atom stereocenters. The fourth-order valence-electron chi connectivity index (χ4n) is 4.12. The fraction of sp³-hybridized carbons (Fsp3) is 0.650. The molecule has 0 aromatic heterocycles. The minimum atomic E-state index is -3.72. The zero-order valence-corrected chi connectivity index (χ0v) is 19.3. The second kappa shape index (κ2) is 10.4. The van der Waals surface area contributed by atoms with Crippen LogP contribution in [0.15, 0.2) is 29.2 Å². The van der Waals surface area contributed by atoms with E-state index in [1.165, 1.54) is 16.4 Å². The summed E-state index contributed by atoms with van der Waals surface area (Å²) in [5.74, 6) is -0.503. The van der Waals surface area contributed by atoms with Crippen LogP contribution in [0.3, 0.4) is 0 Å². The highest BCUT2D eigenvalue weighted by Gasteiger charge is 2.35. The SMILES string of the molecule is NS(=O)(=O)c1ccc(CCNC(=O)C2CCCN(S(=O)(=O)N3CCCCCC3)C2)cc1. The molecule has 1 unspecified atom stereocenters. The first-order chi connectivity index (χ1) is 14.7. The van der Waals surface area contributed by atoms with Crippen LogP contribution in [0.4, 0.5) is 0 Å². The number of rotatable bonds is 7. The van der Waals surface area contributed by atoms with Crippen molar-refractivity contribution in [3.05, 3.63) is 29.8 Å². The lowest BCUT2D eigenvalue weighted by atomic mass is 9.99. The van der Waals surface area contributed by atoms with E-state index < -0.39 is 20.2 Å². The third-order valence-corrected chi connectivity index (χ3v) is 8.87. The number of nitrogens with zero attached hydrogens (tertiary/aromatic N) is 2. The number of amides is 1. The molecule has 2 heterocycles. The van der Waals surface area contributed by atoms with Gasteiger partial charge in [0.1, 0.15) is 0 Å². The predicted octanol–water partition coefficient (Wildman–Crippen LogP) is 0.826. The van der Waals surface area contributed by atoms with Crippen molar-refractivity contribution >= 4 is 26.1 Å². The molecule has 0 bridgehead atoms. The van der Waals surface area contributed by atoms with Crippen LogP contribution < -0.4 is 10.5 Å². The summed E-state index contributed by atoms with van der Waals surface area (Å²) in [5, 5.41) is 7.98. The van der Waals surface area contributed by atoms with E-state index in [1.807, 2.05) is 0 Å². The van der Waals surface area contributed by atoms with Gasteiger partial charge in [0, 0.05) is 32.7 Å². The molecule has 0 aliphatic carbocycles. The summed E-state index contributed by atoms with van der Waals surface area (Å²) in [4.78, 5) is 12.7. The Morgan fingerprint density at radius 3 is 2.16 bits per heavy atom. The van der Waals surface area contributed by atoms with Crippen molar-refractivity contribution in [2.24, 2.45) is 11.1 Å². The van der Waals surface area contributed by atoms with Crippen molar-refractivity contribution in [3.63, 3.8) is 0 Å². The molecule has 2 aliphatic rings. The molecule has 2 aliphatic heterocycles. The summed E-state index contributed by atoms with van der Waals surface area (Å²) < 4.78 is 51.7. The number of nitrogens with one attached hydrogen (secondary N) is 1. The first kappa shape index (κ1) is 24.1. The Morgan fingerprint density at radius 1 is 0.935 bits per heavy atom. The maximum absolute atomic E-state index is 13.0. The molecule has 2 saturated heterocycles. The second-order valence-corrected chi connectivity index (χ2v) is 11.7. The molecule has 1 aromatic carbocycles. The van der Waals surface area contributed by atoms with Crippen molar-refractivity contribution in [2.75, 3.05) is 32.7 Å². The van der Waals surface area contributed by atoms with Gasteiger partial charge in [-0.15, -0.1) is 0 Å². The van der Waals surface area contributed by atoms with Crippen molar-refractivity contribution in [3.8, 4) is 0 Å². The van der Waals surface area contributed by atoms with E-state index in [0.717, 1.165) is 31.2 Å². The molecule has 0 spiro atoms. The molecule has 31 heavy (non-hydrogen) atoms. The number of primary sulfonamides is 1. The Balaban J connectivity index is 1.51. The monoisotopic (exact) mass is 472 g/mol. The molecule has 11 heteroatoms. The predicted molar refractivity (Wildman–Crippen MR) is 118 cm³/mol. The van der Waals surface area contributed by atoms with Gasteiger partial charge >= 0.3 is 0 Å². The van der Waals surface area contributed by atoms with Gasteiger partial charge in [-0.2, -0.15) is 17.0 Å². The molecule has 9 nitrogen and oxygen atoms in total. The van der Waals surface area contributed by atoms with Gasteiger partial charge < -0.3 is 5.32 Å². The minimum absolute atomic E-state index is 0.0493. The molecule has 2 fully saturated rings. The van der Waals surface area contributed by atoms with Gasteiger partial charge in [-0.05, 0) is 49.8 Å². The maximum Gasteiger partial charge on any atom is 0.281 e. The van der Waals surface area contributed by atoms with Crippen LogP contribution >= 0.6 is 0 Å². The van der Waals surface area contributed by atoms with Gasteiger partial charge in [-0.3, -0.25) is 4.79 Å². The highest BCUT2D eigenvalue weighted by atomic mass is 32.2. The van der Waals surface area contributed by atoms with Crippen molar-refractivity contribution in [2.45, 2.75) is 49.8 Å². The van der Waals surface area contributed by atoms with Gasteiger partial charge in [0.05, 0.1) is 10.8 Å². The largest absolute Gasteiger partial charge is 0.355 e. The third-order valence-electron chi connectivity index (χ3n) is 5.94. The normalized spacial score (nSPS) is 22.0. The van der Waals surface area contributed by atoms with E-state index in [0.29, 0.717) is 45.4 Å². The smallest absolute Gasteiger partial charge is 0.281 e. The zero-order valence-electron chi connectivity index (χ0n) is 17.7. The summed E-state index contributed by atoms with van der Waals surface area (Å²) in [6.45, 7) is 2.18. The van der Waals surface area contributed by atoms with Gasteiger partial charge in [0.25, 0.3) is 10.2 Å². The fourth-order valence-corrected chi connectivity index (χ4v) is 6.41.